The number of aromatic nitrogens is 2. The molecule has 0 bridgehead atoms. The highest BCUT2D eigenvalue weighted by Crippen LogP contribution is 2.22. The summed E-state index contributed by atoms with van der Waals surface area (Å²) in [7, 11) is 1.58. The van der Waals surface area contributed by atoms with Crippen LogP contribution in [-0.4, -0.2) is 28.2 Å². The third-order valence-electron chi connectivity index (χ3n) is 6.78. The van der Waals surface area contributed by atoms with Crippen molar-refractivity contribution >= 4 is 28.3 Å². The summed E-state index contributed by atoms with van der Waals surface area (Å²) in [5.74, 6) is 0.340. The Balaban J connectivity index is 1.75. The molecule has 1 amide bonds. The fourth-order valence-electron chi connectivity index (χ4n) is 4.83. The number of fused-ring (bicyclic) bond motifs is 1. The Bertz CT molecular complexity index is 1900. The number of amides is 1. The molecule has 1 heterocycles. The smallest absolute Gasteiger partial charge is 0.289 e. The molecule has 0 aliphatic rings. The monoisotopic (exact) mass is 561 g/mol. The lowest BCUT2D eigenvalue weighted by atomic mass is 10.2. The number of anilines is 2. The first kappa shape index (κ1) is 28.1. The molecule has 0 unspecified atom stereocenters. The highest BCUT2D eigenvalue weighted by Gasteiger charge is 2.22. The number of hydrogen-bond donors (Lipinski definition) is 1. The van der Waals surface area contributed by atoms with Crippen LogP contribution >= 0.6 is 0 Å². The summed E-state index contributed by atoms with van der Waals surface area (Å²) in [6.45, 7) is 3.48. The molecule has 0 atom stereocenters. The summed E-state index contributed by atoms with van der Waals surface area (Å²) in [5.41, 5.74) is 4.22. The van der Waals surface area contributed by atoms with Crippen molar-refractivity contribution in [1.29, 1.82) is 0 Å². The van der Waals surface area contributed by atoms with Gasteiger partial charge in [0, 0.05) is 17.4 Å². The van der Waals surface area contributed by atoms with Crippen LogP contribution in [0.15, 0.2) is 124 Å². The lowest BCUT2D eigenvalue weighted by Crippen LogP contribution is -2.47. The summed E-state index contributed by atoms with van der Waals surface area (Å²) in [5, 5.41) is 3.94. The third kappa shape index (κ3) is 5.71. The Morgan fingerprint density at radius 1 is 0.810 bits per heavy atom. The molecule has 0 aliphatic carbocycles. The van der Waals surface area contributed by atoms with Crippen molar-refractivity contribution in [3.05, 3.63) is 135 Å². The number of carbonyl (C=O) groups excluding carboxylic acids is 1. The van der Waals surface area contributed by atoms with Crippen LogP contribution < -0.4 is 31.5 Å². The largest absolute Gasteiger partial charge is 0.497 e. The minimum atomic E-state index is -0.693. The highest BCUT2D eigenvalue weighted by molar-refractivity contribution is 5.94. The van der Waals surface area contributed by atoms with Crippen molar-refractivity contribution < 1.29 is 9.53 Å². The SMILES string of the molecule is COc1ccc(N(C(=O)Cn2c(=O)/c(=N\Nc3ccccc3)c(=O)n(-c3ccccc3)c3ccccc32)C(C)C)cc1. The summed E-state index contributed by atoms with van der Waals surface area (Å²) < 4.78 is 8.04. The van der Waals surface area contributed by atoms with Gasteiger partial charge < -0.3 is 9.64 Å². The van der Waals surface area contributed by atoms with Crippen LogP contribution in [-0.2, 0) is 11.3 Å². The molecule has 0 saturated carbocycles. The average molecular weight is 562 g/mol. The quantitative estimate of drug-likeness (QED) is 0.281. The van der Waals surface area contributed by atoms with Gasteiger partial charge in [0.15, 0.2) is 0 Å². The second-order valence-electron chi connectivity index (χ2n) is 9.85. The molecular formula is C33H31N5O4. The second-order valence-corrected chi connectivity index (χ2v) is 9.85. The first-order valence-electron chi connectivity index (χ1n) is 13.5. The fourth-order valence-corrected chi connectivity index (χ4v) is 4.83. The van der Waals surface area contributed by atoms with Crippen LogP contribution in [0.3, 0.4) is 0 Å². The predicted molar refractivity (Wildman–Crippen MR) is 165 cm³/mol. The van der Waals surface area contributed by atoms with E-state index >= 15 is 0 Å². The van der Waals surface area contributed by atoms with E-state index < -0.39 is 11.1 Å². The van der Waals surface area contributed by atoms with Gasteiger partial charge in [-0.3, -0.25) is 28.9 Å². The van der Waals surface area contributed by atoms with Crippen LogP contribution in [0.2, 0.25) is 0 Å². The van der Waals surface area contributed by atoms with Crippen LogP contribution in [0.25, 0.3) is 16.7 Å². The molecule has 1 aromatic heterocycles. The molecule has 4 aromatic carbocycles. The molecule has 5 aromatic rings. The molecule has 0 spiro atoms. The van der Waals surface area contributed by atoms with Crippen molar-refractivity contribution in [2.24, 2.45) is 5.10 Å². The molecule has 0 fully saturated rings. The van der Waals surface area contributed by atoms with E-state index in [-0.39, 0.29) is 23.9 Å². The summed E-state index contributed by atoms with van der Waals surface area (Å²) in [4.78, 5) is 43.8. The van der Waals surface area contributed by atoms with Gasteiger partial charge in [-0.2, -0.15) is 5.10 Å². The van der Waals surface area contributed by atoms with E-state index in [4.69, 9.17) is 4.74 Å². The van der Waals surface area contributed by atoms with Gasteiger partial charge in [-0.05, 0) is 74.5 Å². The van der Waals surface area contributed by atoms with Gasteiger partial charge in [0.05, 0.1) is 23.8 Å². The number of nitrogens with one attached hydrogen (secondary N) is 1. The standard InChI is InChI=1S/C33H31N5O4/c1-23(2)37(26-18-20-27(42-3)21-19-26)30(39)22-36-28-16-10-11-17-29(28)38(25-14-8-5-9-15-25)33(41)31(32(36)40)35-34-24-12-6-4-7-13-24/h4-21,23,34H,22H2,1-3H3/b35-31+. The molecule has 42 heavy (non-hydrogen) atoms. The zero-order valence-electron chi connectivity index (χ0n) is 23.6. The van der Waals surface area contributed by atoms with Gasteiger partial charge in [-0.15, -0.1) is 0 Å². The predicted octanol–water partition coefficient (Wildman–Crippen LogP) is 4.53. The number of para-hydroxylation sites is 4. The molecule has 212 valence electrons. The maximum Gasteiger partial charge on any atom is 0.289 e. The fraction of sp³-hybridized carbons (Fsp3) is 0.152. The Morgan fingerprint density at radius 3 is 2.02 bits per heavy atom. The molecule has 5 rings (SSSR count). The minimum Gasteiger partial charge on any atom is -0.497 e. The zero-order valence-corrected chi connectivity index (χ0v) is 23.6. The lowest BCUT2D eigenvalue weighted by molar-refractivity contribution is -0.119. The molecule has 9 nitrogen and oxygen atoms in total. The van der Waals surface area contributed by atoms with Crippen LogP contribution in [0.1, 0.15) is 13.8 Å². The van der Waals surface area contributed by atoms with Crippen molar-refractivity contribution in [3.63, 3.8) is 0 Å². The molecule has 0 aliphatic heterocycles. The van der Waals surface area contributed by atoms with E-state index in [2.05, 4.69) is 10.5 Å². The van der Waals surface area contributed by atoms with Crippen molar-refractivity contribution in [1.82, 2.24) is 9.13 Å². The topological polar surface area (TPSA) is 97.9 Å². The Kier molecular flexibility index (Phi) is 8.29. The third-order valence-corrected chi connectivity index (χ3v) is 6.78. The number of carbonyl (C=O) groups is 1. The van der Waals surface area contributed by atoms with Gasteiger partial charge in [-0.25, -0.2) is 0 Å². The molecule has 0 saturated heterocycles. The van der Waals surface area contributed by atoms with Crippen molar-refractivity contribution in [2.45, 2.75) is 26.4 Å². The Morgan fingerprint density at radius 2 is 1.40 bits per heavy atom. The number of rotatable bonds is 8. The number of hydrogen-bond acceptors (Lipinski definition) is 6. The summed E-state index contributed by atoms with van der Waals surface area (Å²) in [6.07, 6.45) is 0. The van der Waals surface area contributed by atoms with Crippen LogP contribution in [0, 0.1) is 0 Å². The van der Waals surface area contributed by atoms with Crippen molar-refractivity contribution in [2.75, 3.05) is 17.4 Å². The van der Waals surface area contributed by atoms with Crippen LogP contribution in [0.4, 0.5) is 11.4 Å². The van der Waals surface area contributed by atoms with E-state index in [1.807, 2.05) is 50.2 Å². The van der Waals surface area contributed by atoms with Gasteiger partial charge in [0.1, 0.15) is 12.3 Å². The van der Waals surface area contributed by atoms with E-state index in [0.717, 1.165) is 0 Å². The number of methoxy groups -OCH3 is 1. The molecule has 0 radical (unpaired) electrons. The molecule has 1 N–H and O–H groups in total. The highest BCUT2D eigenvalue weighted by atomic mass is 16.5. The maximum atomic E-state index is 14.2. The normalized spacial score (nSPS) is 11.5. The second kappa shape index (κ2) is 12.4. The zero-order chi connectivity index (χ0) is 29.6. The van der Waals surface area contributed by atoms with Gasteiger partial charge in [-0.1, -0.05) is 48.5 Å². The minimum absolute atomic E-state index is 0.210. The van der Waals surface area contributed by atoms with E-state index in [9.17, 15) is 14.4 Å². The number of nitrogens with zero attached hydrogens (tertiary/aromatic N) is 4. The van der Waals surface area contributed by atoms with Gasteiger partial charge >= 0.3 is 0 Å². The summed E-state index contributed by atoms with van der Waals surface area (Å²) >= 11 is 0. The van der Waals surface area contributed by atoms with E-state index in [1.165, 1.54) is 9.13 Å². The lowest BCUT2D eigenvalue weighted by Gasteiger charge is -2.27. The first-order valence-corrected chi connectivity index (χ1v) is 13.5. The van der Waals surface area contributed by atoms with Gasteiger partial charge in [0.2, 0.25) is 11.3 Å². The average Bonchev–Trinajstić information content (AvgIpc) is 3.09. The first-order chi connectivity index (χ1) is 20.4. The number of ether oxygens (including phenoxy) is 1. The Labute approximate surface area is 242 Å². The van der Waals surface area contributed by atoms with E-state index in [0.29, 0.717) is 33.8 Å². The van der Waals surface area contributed by atoms with Gasteiger partial charge in [0.25, 0.3) is 11.1 Å². The van der Waals surface area contributed by atoms with Crippen LogP contribution in [0.5, 0.6) is 5.75 Å². The maximum absolute atomic E-state index is 14.2. The molecular weight excluding hydrogens is 530 g/mol. The Hall–Kier alpha value is -5.44. The summed E-state index contributed by atoms with van der Waals surface area (Å²) in [6, 6.07) is 32.0. The van der Waals surface area contributed by atoms with Crippen molar-refractivity contribution in [3.8, 4) is 11.4 Å². The molecule has 9 heteroatoms. The number of benzene rings is 4. The van der Waals surface area contributed by atoms with E-state index in [1.54, 1.807) is 84.8 Å².